The molecule has 0 aliphatic carbocycles. The van der Waals surface area contributed by atoms with Crippen molar-refractivity contribution in [3.8, 4) is 0 Å². The monoisotopic (exact) mass is 291 g/mol. The summed E-state index contributed by atoms with van der Waals surface area (Å²) in [7, 11) is 0. The van der Waals surface area contributed by atoms with Crippen LogP contribution in [0.15, 0.2) is 18.2 Å². The second-order valence-electron chi connectivity index (χ2n) is 3.50. The molecule has 3 N–H and O–H groups in total. The fourth-order valence-electron chi connectivity index (χ4n) is 1.29. The van der Waals surface area contributed by atoms with E-state index in [0.29, 0.717) is 5.02 Å². The minimum atomic E-state index is -1.23. The molecular formula is C11H11Cl2NO4. The highest BCUT2D eigenvalue weighted by Crippen LogP contribution is 2.20. The van der Waals surface area contributed by atoms with E-state index in [4.69, 9.17) is 33.4 Å². The number of hydrogen-bond acceptors (Lipinski definition) is 3. The van der Waals surface area contributed by atoms with Crippen LogP contribution >= 0.6 is 23.2 Å². The number of aliphatic hydroxyl groups excluding tert-OH is 1. The van der Waals surface area contributed by atoms with E-state index in [0.717, 1.165) is 0 Å². The number of rotatable bonds is 5. The second-order valence-corrected chi connectivity index (χ2v) is 4.34. The first-order chi connectivity index (χ1) is 8.45. The molecule has 18 heavy (non-hydrogen) atoms. The smallest absolute Gasteiger partial charge is 0.326 e. The first kappa shape index (κ1) is 14.8. The fraction of sp³-hybridized carbons (Fsp3) is 0.273. The van der Waals surface area contributed by atoms with Gasteiger partial charge in [-0.1, -0.05) is 23.2 Å². The highest BCUT2D eigenvalue weighted by molar-refractivity contribution is 6.35. The lowest BCUT2D eigenvalue weighted by atomic mass is 10.1. The van der Waals surface area contributed by atoms with Crippen LogP contribution in [-0.2, 0) is 4.79 Å². The Kier molecular flexibility index (Phi) is 5.40. The number of carboxylic acid groups (broad SMARTS) is 1. The molecule has 7 heteroatoms. The standard InChI is InChI=1S/C11H11Cl2NO4/c12-6-1-2-8(13)7(5-6)10(16)14-9(3-4-15)11(17)18/h1-2,5,9,15H,3-4H2,(H,14,16)(H,17,18)/t9-/m1/s1. The van der Waals surface area contributed by atoms with Gasteiger partial charge < -0.3 is 15.5 Å². The van der Waals surface area contributed by atoms with Gasteiger partial charge in [0.2, 0.25) is 0 Å². The maximum Gasteiger partial charge on any atom is 0.326 e. The first-order valence-corrected chi connectivity index (χ1v) is 5.81. The van der Waals surface area contributed by atoms with Crippen molar-refractivity contribution in [1.82, 2.24) is 5.32 Å². The minimum absolute atomic E-state index is 0.0841. The van der Waals surface area contributed by atoms with Gasteiger partial charge in [-0.25, -0.2) is 4.79 Å². The summed E-state index contributed by atoms with van der Waals surface area (Å²) >= 11 is 11.5. The molecule has 1 amide bonds. The van der Waals surface area contributed by atoms with E-state index in [1.807, 2.05) is 0 Å². The molecule has 1 aromatic rings. The van der Waals surface area contributed by atoms with Gasteiger partial charge in [-0.05, 0) is 18.2 Å². The predicted octanol–water partition coefficient (Wildman–Crippen LogP) is 1.56. The summed E-state index contributed by atoms with van der Waals surface area (Å²) in [6, 6.07) is 3.14. The summed E-state index contributed by atoms with van der Waals surface area (Å²) in [6.45, 7) is -0.347. The average molecular weight is 292 g/mol. The van der Waals surface area contributed by atoms with Crippen LogP contribution in [0.4, 0.5) is 0 Å². The number of aliphatic hydroxyl groups is 1. The van der Waals surface area contributed by atoms with Crippen molar-refractivity contribution in [2.24, 2.45) is 0 Å². The van der Waals surface area contributed by atoms with E-state index in [1.165, 1.54) is 18.2 Å². The van der Waals surface area contributed by atoms with E-state index < -0.39 is 17.9 Å². The molecule has 0 saturated carbocycles. The number of nitrogens with one attached hydrogen (secondary N) is 1. The molecule has 0 saturated heterocycles. The topological polar surface area (TPSA) is 86.6 Å². The molecule has 0 radical (unpaired) electrons. The van der Waals surface area contributed by atoms with Gasteiger partial charge in [0, 0.05) is 18.1 Å². The third kappa shape index (κ3) is 3.87. The Morgan fingerprint density at radius 2 is 2.00 bits per heavy atom. The Bertz CT molecular complexity index is 464. The van der Waals surface area contributed by atoms with Crippen LogP contribution in [0.5, 0.6) is 0 Å². The number of benzene rings is 1. The molecule has 0 bridgehead atoms. The van der Waals surface area contributed by atoms with Crippen LogP contribution in [-0.4, -0.2) is 34.7 Å². The molecular weight excluding hydrogens is 281 g/mol. The number of carbonyl (C=O) groups excluding carboxylic acids is 1. The van der Waals surface area contributed by atoms with Crippen LogP contribution in [0.25, 0.3) is 0 Å². The summed E-state index contributed by atoms with van der Waals surface area (Å²) < 4.78 is 0. The van der Waals surface area contributed by atoms with Crippen molar-refractivity contribution in [3.05, 3.63) is 33.8 Å². The molecule has 0 aromatic heterocycles. The number of hydrogen-bond donors (Lipinski definition) is 3. The van der Waals surface area contributed by atoms with E-state index >= 15 is 0 Å². The Balaban J connectivity index is 2.86. The van der Waals surface area contributed by atoms with Crippen LogP contribution in [0.3, 0.4) is 0 Å². The molecule has 0 aliphatic rings. The maximum absolute atomic E-state index is 11.8. The van der Waals surface area contributed by atoms with Crippen molar-refractivity contribution in [2.45, 2.75) is 12.5 Å². The summed E-state index contributed by atoms with van der Waals surface area (Å²) in [5.41, 5.74) is 0.0911. The Hall–Kier alpha value is -1.30. The molecule has 1 atom stereocenters. The Labute approximate surface area is 113 Å². The summed E-state index contributed by atoms with van der Waals surface area (Å²) in [4.78, 5) is 22.6. The highest BCUT2D eigenvalue weighted by Gasteiger charge is 2.21. The molecule has 1 rings (SSSR count). The number of carboxylic acids is 1. The number of halogens is 2. The van der Waals surface area contributed by atoms with E-state index in [1.54, 1.807) is 0 Å². The van der Waals surface area contributed by atoms with Crippen LogP contribution in [0.1, 0.15) is 16.8 Å². The number of aliphatic carboxylic acids is 1. The van der Waals surface area contributed by atoms with Crippen LogP contribution < -0.4 is 5.32 Å². The van der Waals surface area contributed by atoms with Gasteiger partial charge in [-0.15, -0.1) is 0 Å². The number of carbonyl (C=O) groups is 2. The van der Waals surface area contributed by atoms with Gasteiger partial charge in [-0.2, -0.15) is 0 Å². The summed E-state index contributed by atoms with van der Waals surface area (Å²) in [5, 5.41) is 20.3. The second kappa shape index (κ2) is 6.58. The SMILES string of the molecule is O=C(N[C@H](CCO)C(=O)O)c1cc(Cl)ccc1Cl. The lowest BCUT2D eigenvalue weighted by Gasteiger charge is -2.13. The van der Waals surface area contributed by atoms with Gasteiger partial charge in [0.05, 0.1) is 10.6 Å². The zero-order chi connectivity index (χ0) is 13.7. The fourth-order valence-corrected chi connectivity index (χ4v) is 1.67. The van der Waals surface area contributed by atoms with Gasteiger partial charge in [0.1, 0.15) is 6.04 Å². The van der Waals surface area contributed by atoms with E-state index in [9.17, 15) is 9.59 Å². The molecule has 0 unspecified atom stereocenters. The van der Waals surface area contributed by atoms with Crippen molar-refractivity contribution in [3.63, 3.8) is 0 Å². The van der Waals surface area contributed by atoms with Crippen molar-refractivity contribution < 1.29 is 19.8 Å². The molecule has 1 aromatic carbocycles. The zero-order valence-electron chi connectivity index (χ0n) is 9.19. The minimum Gasteiger partial charge on any atom is -0.480 e. The molecule has 0 fully saturated rings. The zero-order valence-corrected chi connectivity index (χ0v) is 10.7. The van der Waals surface area contributed by atoms with Crippen molar-refractivity contribution >= 4 is 35.1 Å². The van der Waals surface area contributed by atoms with Gasteiger partial charge in [-0.3, -0.25) is 4.79 Å². The molecule has 0 aliphatic heterocycles. The van der Waals surface area contributed by atoms with Crippen molar-refractivity contribution in [2.75, 3.05) is 6.61 Å². The van der Waals surface area contributed by atoms with Gasteiger partial charge in [0.25, 0.3) is 5.91 Å². The Morgan fingerprint density at radius 1 is 1.33 bits per heavy atom. The lowest BCUT2D eigenvalue weighted by molar-refractivity contribution is -0.139. The number of amides is 1. The van der Waals surface area contributed by atoms with Crippen molar-refractivity contribution in [1.29, 1.82) is 0 Å². The normalized spacial score (nSPS) is 11.9. The maximum atomic E-state index is 11.8. The summed E-state index contributed by atoms with van der Waals surface area (Å²) in [5.74, 6) is -1.88. The van der Waals surface area contributed by atoms with E-state index in [-0.39, 0.29) is 23.6 Å². The quantitative estimate of drug-likeness (QED) is 0.768. The van der Waals surface area contributed by atoms with E-state index in [2.05, 4.69) is 5.32 Å². The van der Waals surface area contributed by atoms with Crippen LogP contribution in [0, 0.1) is 0 Å². The lowest BCUT2D eigenvalue weighted by Crippen LogP contribution is -2.41. The van der Waals surface area contributed by atoms with Crippen LogP contribution in [0.2, 0.25) is 10.0 Å². The predicted molar refractivity (Wildman–Crippen MR) is 67.1 cm³/mol. The molecule has 98 valence electrons. The van der Waals surface area contributed by atoms with Gasteiger partial charge >= 0.3 is 5.97 Å². The molecule has 5 nitrogen and oxygen atoms in total. The first-order valence-electron chi connectivity index (χ1n) is 5.05. The highest BCUT2D eigenvalue weighted by atomic mass is 35.5. The third-order valence-corrected chi connectivity index (χ3v) is 2.76. The molecule has 0 spiro atoms. The van der Waals surface area contributed by atoms with Gasteiger partial charge in [0.15, 0.2) is 0 Å². The Morgan fingerprint density at radius 3 is 2.56 bits per heavy atom. The molecule has 0 heterocycles. The summed E-state index contributed by atoms with van der Waals surface area (Å²) in [6.07, 6.45) is -0.0841. The largest absolute Gasteiger partial charge is 0.480 e. The average Bonchev–Trinajstić information content (AvgIpc) is 2.31. The third-order valence-electron chi connectivity index (χ3n) is 2.19.